The number of rotatable bonds is 0. The summed E-state index contributed by atoms with van der Waals surface area (Å²) in [4.78, 5) is 0. The minimum absolute atomic E-state index is 0.0544. The van der Waals surface area contributed by atoms with E-state index in [0.29, 0.717) is 0 Å². The zero-order valence-corrected chi connectivity index (χ0v) is 7.17. The van der Waals surface area contributed by atoms with Crippen molar-refractivity contribution in [3.05, 3.63) is 0 Å². The Hall–Kier alpha value is -0.550. The van der Waals surface area contributed by atoms with E-state index in [9.17, 15) is 5.11 Å². The molecule has 1 saturated carbocycles. The standard InChI is InChI=1S/C9H15NO/c1-7-8(6-10)4-3-5-9(7,2)11/h7-8,11H,3-5H2,1-2H3. The van der Waals surface area contributed by atoms with Crippen LogP contribution in [0.25, 0.3) is 0 Å². The predicted octanol–water partition coefficient (Wildman–Crippen LogP) is 1.70. The van der Waals surface area contributed by atoms with Gasteiger partial charge in [-0.05, 0) is 26.2 Å². The Bertz CT molecular complexity index is 180. The molecular weight excluding hydrogens is 138 g/mol. The second kappa shape index (κ2) is 2.83. The maximum absolute atomic E-state index is 9.79. The molecule has 0 heterocycles. The van der Waals surface area contributed by atoms with Crippen molar-refractivity contribution in [2.45, 2.75) is 38.7 Å². The summed E-state index contributed by atoms with van der Waals surface area (Å²) in [6, 6.07) is 2.25. The van der Waals surface area contributed by atoms with E-state index in [0.717, 1.165) is 19.3 Å². The molecule has 1 N–H and O–H groups in total. The predicted molar refractivity (Wildman–Crippen MR) is 42.7 cm³/mol. The largest absolute Gasteiger partial charge is 0.390 e. The van der Waals surface area contributed by atoms with E-state index in [-0.39, 0.29) is 11.8 Å². The first-order valence-electron chi connectivity index (χ1n) is 4.20. The molecule has 0 aliphatic heterocycles. The van der Waals surface area contributed by atoms with E-state index in [4.69, 9.17) is 5.26 Å². The number of nitrogens with zero attached hydrogens (tertiary/aromatic N) is 1. The van der Waals surface area contributed by atoms with Crippen molar-refractivity contribution in [2.75, 3.05) is 0 Å². The molecule has 1 rings (SSSR count). The molecule has 1 aliphatic carbocycles. The van der Waals surface area contributed by atoms with Gasteiger partial charge in [0.15, 0.2) is 0 Å². The maximum atomic E-state index is 9.79. The molecule has 3 unspecified atom stereocenters. The van der Waals surface area contributed by atoms with Crippen LogP contribution in [0.5, 0.6) is 0 Å². The van der Waals surface area contributed by atoms with Crippen molar-refractivity contribution in [1.29, 1.82) is 5.26 Å². The van der Waals surface area contributed by atoms with E-state index in [2.05, 4.69) is 6.07 Å². The Balaban J connectivity index is 2.69. The zero-order chi connectivity index (χ0) is 8.48. The first-order valence-corrected chi connectivity index (χ1v) is 4.20. The Kier molecular flexibility index (Phi) is 2.20. The first kappa shape index (κ1) is 8.55. The van der Waals surface area contributed by atoms with E-state index in [1.165, 1.54) is 0 Å². The van der Waals surface area contributed by atoms with E-state index in [1.54, 1.807) is 0 Å². The normalized spacial score (nSPS) is 44.9. The van der Waals surface area contributed by atoms with Gasteiger partial charge in [0, 0.05) is 5.92 Å². The first-order chi connectivity index (χ1) is 5.08. The smallest absolute Gasteiger partial charge is 0.0659 e. The molecule has 11 heavy (non-hydrogen) atoms. The second-order valence-electron chi connectivity index (χ2n) is 3.77. The highest BCUT2D eigenvalue weighted by molar-refractivity contribution is 4.97. The lowest BCUT2D eigenvalue weighted by Crippen LogP contribution is -2.40. The van der Waals surface area contributed by atoms with E-state index >= 15 is 0 Å². The summed E-state index contributed by atoms with van der Waals surface area (Å²) >= 11 is 0. The third kappa shape index (κ3) is 1.54. The summed E-state index contributed by atoms with van der Waals surface area (Å²) in [7, 11) is 0. The zero-order valence-electron chi connectivity index (χ0n) is 7.17. The number of nitriles is 1. The Labute approximate surface area is 67.8 Å². The average Bonchev–Trinajstić information content (AvgIpc) is 1.95. The topological polar surface area (TPSA) is 44.0 Å². The molecule has 1 aliphatic rings. The average molecular weight is 153 g/mol. The Morgan fingerprint density at radius 3 is 2.73 bits per heavy atom. The summed E-state index contributed by atoms with van der Waals surface area (Å²) in [6.45, 7) is 3.80. The van der Waals surface area contributed by atoms with Crippen molar-refractivity contribution >= 4 is 0 Å². The molecule has 0 saturated heterocycles. The highest BCUT2D eigenvalue weighted by Gasteiger charge is 2.37. The van der Waals surface area contributed by atoms with E-state index < -0.39 is 5.60 Å². The van der Waals surface area contributed by atoms with Crippen molar-refractivity contribution in [2.24, 2.45) is 11.8 Å². The van der Waals surface area contributed by atoms with Gasteiger partial charge in [0.1, 0.15) is 0 Å². The molecule has 3 atom stereocenters. The lowest BCUT2D eigenvalue weighted by Gasteiger charge is -2.37. The fraction of sp³-hybridized carbons (Fsp3) is 0.889. The van der Waals surface area contributed by atoms with Gasteiger partial charge in [-0.2, -0.15) is 5.26 Å². The van der Waals surface area contributed by atoms with Crippen LogP contribution in [-0.2, 0) is 0 Å². The van der Waals surface area contributed by atoms with Crippen LogP contribution in [0.2, 0.25) is 0 Å². The molecule has 2 heteroatoms. The fourth-order valence-corrected chi connectivity index (χ4v) is 1.77. The van der Waals surface area contributed by atoms with Gasteiger partial charge in [-0.15, -0.1) is 0 Å². The van der Waals surface area contributed by atoms with Crippen molar-refractivity contribution < 1.29 is 5.11 Å². The molecule has 2 nitrogen and oxygen atoms in total. The second-order valence-corrected chi connectivity index (χ2v) is 3.77. The summed E-state index contributed by atoms with van der Waals surface area (Å²) < 4.78 is 0. The Morgan fingerprint density at radius 1 is 1.64 bits per heavy atom. The summed E-state index contributed by atoms with van der Waals surface area (Å²) in [5.41, 5.74) is -0.612. The molecule has 0 aromatic rings. The highest BCUT2D eigenvalue weighted by Crippen LogP contribution is 2.36. The van der Waals surface area contributed by atoms with Gasteiger partial charge in [-0.25, -0.2) is 0 Å². The molecule has 0 amide bonds. The minimum Gasteiger partial charge on any atom is -0.390 e. The van der Waals surface area contributed by atoms with Crippen LogP contribution < -0.4 is 0 Å². The summed E-state index contributed by atoms with van der Waals surface area (Å²) in [6.07, 6.45) is 2.77. The molecule has 0 aromatic carbocycles. The van der Waals surface area contributed by atoms with Gasteiger partial charge in [0.25, 0.3) is 0 Å². The Morgan fingerprint density at radius 2 is 2.27 bits per heavy atom. The molecule has 1 fully saturated rings. The fourth-order valence-electron chi connectivity index (χ4n) is 1.77. The van der Waals surface area contributed by atoms with Crippen LogP contribution in [-0.4, -0.2) is 10.7 Å². The lowest BCUT2D eigenvalue weighted by molar-refractivity contribution is -0.0393. The summed E-state index contributed by atoms with van der Waals surface area (Å²) in [5.74, 6) is 0.181. The number of hydrogen-bond donors (Lipinski definition) is 1. The van der Waals surface area contributed by atoms with Gasteiger partial charge in [-0.1, -0.05) is 6.92 Å². The lowest BCUT2D eigenvalue weighted by atomic mass is 9.71. The van der Waals surface area contributed by atoms with Gasteiger partial charge in [-0.3, -0.25) is 0 Å². The third-order valence-corrected chi connectivity index (χ3v) is 2.95. The quantitative estimate of drug-likeness (QED) is 0.575. The third-order valence-electron chi connectivity index (χ3n) is 2.95. The molecular formula is C9H15NO. The molecule has 0 radical (unpaired) electrons. The van der Waals surface area contributed by atoms with Gasteiger partial charge >= 0.3 is 0 Å². The molecule has 0 bridgehead atoms. The number of aliphatic hydroxyl groups is 1. The van der Waals surface area contributed by atoms with Crippen LogP contribution >= 0.6 is 0 Å². The van der Waals surface area contributed by atoms with Crippen molar-refractivity contribution in [1.82, 2.24) is 0 Å². The van der Waals surface area contributed by atoms with Crippen LogP contribution in [0, 0.1) is 23.2 Å². The monoisotopic (exact) mass is 153 g/mol. The van der Waals surface area contributed by atoms with Crippen LogP contribution in [0.1, 0.15) is 33.1 Å². The van der Waals surface area contributed by atoms with Crippen LogP contribution in [0.15, 0.2) is 0 Å². The highest BCUT2D eigenvalue weighted by atomic mass is 16.3. The van der Waals surface area contributed by atoms with Crippen molar-refractivity contribution in [3.63, 3.8) is 0 Å². The van der Waals surface area contributed by atoms with Gasteiger partial charge in [0.2, 0.25) is 0 Å². The molecule has 0 aromatic heterocycles. The van der Waals surface area contributed by atoms with Crippen molar-refractivity contribution in [3.8, 4) is 6.07 Å². The van der Waals surface area contributed by atoms with Crippen LogP contribution in [0.3, 0.4) is 0 Å². The SMILES string of the molecule is CC1C(C#N)CCCC1(C)O. The minimum atomic E-state index is -0.612. The maximum Gasteiger partial charge on any atom is 0.0659 e. The van der Waals surface area contributed by atoms with Gasteiger partial charge in [0.05, 0.1) is 17.6 Å². The molecule has 62 valence electrons. The van der Waals surface area contributed by atoms with E-state index in [1.807, 2.05) is 13.8 Å². The number of hydrogen-bond acceptors (Lipinski definition) is 2. The van der Waals surface area contributed by atoms with Gasteiger partial charge < -0.3 is 5.11 Å². The summed E-state index contributed by atoms with van der Waals surface area (Å²) in [5, 5.41) is 18.5. The molecule has 0 spiro atoms. The van der Waals surface area contributed by atoms with Crippen LogP contribution in [0.4, 0.5) is 0 Å².